The molecule has 81 heavy (non-hydrogen) atoms. The summed E-state index contributed by atoms with van der Waals surface area (Å²) in [5.41, 5.74) is 0. The summed E-state index contributed by atoms with van der Waals surface area (Å²) in [5.74, 6) is -0.877. The lowest BCUT2D eigenvalue weighted by Crippen LogP contribution is -2.30. The maximum absolute atomic E-state index is 12.9. The molecule has 0 radical (unpaired) electrons. The largest absolute Gasteiger partial charge is 0.462 e. The predicted octanol–water partition coefficient (Wildman–Crippen LogP) is 24.9. The van der Waals surface area contributed by atoms with E-state index < -0.39 is 6.10 Å². The van der Waals surface area contributed by atoms with E-state index in [2.05, 4.69) is 69.4 Å². The Morgan fingerprint density at radius 2 is 0.481 bits per heavy atom. The molecule has 0 aliphatic rings. The number of rotatable bonds is 67. The number of allylic oxidation sites excluding steroid dienone is 8. The Morgan fingerprint density at radius 3 is 0.753 bits per heavy atom. The van der Waals surface area contributed by atoms with Crippen LogP contribution in [0.2, 0.25) is 0 Å². The molecule has 0 aromatic heterocycles. The van der Waals surface area contributed by atoms with Crippen LogP contribution in [0.4, 0.5) is 0 Å². The maximum Gasteiger partial charge on any atom is 0.306 e. The molecule has 0 fully saturated rings. The summed E-state index contributed by atoms with van der Waals surface area (Å²) in [6.45, 7) is 6.57. The van der Waals surface area contributed by atoms with Crippen LogP contribution in [0.25, 0.3) is 0 Å². The first-order chi connectivity index (χ1) is 40.0. The minimum Gasteiger partial charge on any atom is -0.462 e. The topological polar surface area (TPSA) is 78.9 Å². The van der Waals surface area contributed by atoms with Crippen LogP contribution in [-0.4, -0.2) is 37.2 Å². The van der Waals surface area contributed by atoms with Crippen molar-refractivity contribution in [1.82, 2.24) is 0 Å². The quantitative estimate of drug-likeness (QED) is 0.0261. The summed E-state index contributed by atoms with van der Waals surface area (Å²) < 4.78 is 16.9. The van der Waals surface area contributed by atoms with Crippen LogP contribution < -0.4 is 0 Å². The highest BCUT2D eigenvalue weighted by molar-refractivity contribution is 5.71. The first kappa shape index (κ1) is 78.4. The van der Waals surface area contributed by atoms with E-state index in [9.17, 15) is 14.4 Å². The molecule has 0 aliphatic carbocycles. The third kappa shape index (κ3) is 68.0. The molecule has 0 aromatic carbocycles. The fraction of sp³-hybridized carbons (Fsp3) is 0.853. The molecule has 6 nitrogen and oxygen atoms in total. The van der Waals surface area contributed by atoms with Gasteiger partial charge in [-0.2, -0.15) is 0 Å². The number of carbonyl (C=O) groups is 3. The van der Waals surface area contributed by atoms with Gasteiger partial charge in [0.2, 0.25) is 0 Å². The lowest BCUT2D eigenvalue weighted by Gasteiger charge is -2.18. The van der Waals surface area contributed by atoms with Gasteiger partial charge in [-0.15, -0.1) is 0 Å². The third-order valence-electron chi connectivity index (χ3n) is 16.3. The Hall–Kier alpha value is -2.63. The number of hydrogen-bond acceptors (Lipinski definition) is 6. The highest BCUT2D eigenvalue weighted by atomic mass is 16.6. The van der Waals surface area contributed by atoms with Crippen molar-refractivity contribution in [3.63, 3.8) is 0 Å². The molecule has 6 heteroatoms. The molecule has 0 spiro atoms. The summed E-state index contributed by atoms with van der Waals surface area (Å²) >= 11 is 0. The summed E-state index contributed by atoms with van der Waals surface area (Å²) in [6, 6.07) is 0. The molecular formula is C75H138O6. The van der Waals surface area contributed by atoms with E-state index in [0.29, 0.717) is 19.3 Å². The van der Waals surface area contributed by atoms with Gasteiger partial charge in [-0.25, -0.2) is 0 Å². The van der Waals surface area contributed by atoms with Crippen LogP contribution in [-0.2, 0) is 28.6 Å². The highest BCUT2D eigenvalue weighted by Gasteiger charge is 2.19. The molecule has 0 aliphatic heterocycles. The van der Waals surface area contributed by atoms with E-state index >= 15 is 0 Å². The van der Waals surface area contributed by atoms with Gasteiger partial charge >= 0.3 is 17.9 Å². The maximum atomic E-state index is 12.9. The Morgan fingerprint density at radius 1 is 0.259 bits per heavy atom. The van der Waals surface area contributed by atoms with Crippen molar-refractivity contribution in [2.75, 3.05) is 13.2 Å². The van der Waals surface area contributed by atoms with Crippen LogP contribution in [0, 0.1) is 0 Å². The van der Waals surface area contributed by atoms with Gasteiger partial charge < -0.3 is 14.2 Å². The standard InChI is InChI=1S/C75H138O6/c1-4-7-10-13-16-19-22-25-27-29-30-31-32-33-34-35-36-37-38-39-40-41-42-43-44-46-47-50-53-56-59-62-65-68-74(77)80-71-72(70-79-73(76)67-64-61-58-55-52-49-24-21-18-15-12-9-6-3)81-75(78)69-66-63-60-57-54-51-48-45-28-26-23-20-17-14-11-8-5-2/h8,11,17,20,26,28,48,51,72H,4-7,9-10,12-16,18-19,21-25,27,29-47,49-50,52-71H2,1-3H3/b11-8-,20-17-,28-26-,51-48-. The molecule has 0 saturated carbocycles. The van der Waals surface area contributed by atoms with Gasteiger partial charge in [0.15, 0.2) is 6.10 Å². The minimum atomic E-state index is -0.784. The summed E-state index contributed by atoms with van der Waals surface area (Å²) in [4.78, 5) is 38.4. The van der Waals surface area contributed by atoms with Crippen molar-refractivity contribution >= 4 is 17.9 Å². The molecule has 1 atom stereocenters. The van der Waals surface area contributed by atoms with E-state index in [0.717, 1.165) is 96.3 Å². The number of carbonyl (C=O) groups excluding carboxylic acids is 3. The van der Waals surface area contributed by atoms with Gasteiger partial charge in [-0.3, -0.25) is 14.4 Å². The molecule has 0 amide bonds. The summed E-state index contributed by atoms with van der Waals surface area (Å²) in [6.07, 6.45) is 88.8. The molecule has 0 aromatic rings. The first-order valence-corrected chi connectivity index (χ1v) is 36.1. The SMILES string of the molecule is CC/C=C\C/C=C\C/C=C\C/C=C\CCCCCCC(=O)OC(COC(=O)CCCCCCCCCCCCCCC)COC(=O)CCCCCCCCCCCCCCCCCCCCCCCCCCCCCCCCCCC. The average molecular weight is 1140 g/mol. The fourth-order valence-corrected chi connectivity index (χ4v) is 11.0. The van der Waals surface area contributed by atoms with Gasteiger partial charge in [-0.1, -0.05) is 365 Å². The predicted molar refractivity (Wildman–Crippen MR) is 353 cm³/mol. The second kappa shape index (κ2) is 69.9. The molecule has 474 valence electrons. The van der Waals surface area contributed by atoms with Gasteiger partial charge in [-0.05, 0) is 57.8 Å². The van der Waals surface area contributed by atoms with E-state index in [4.69, 9.17) is 14.2 Å². The molecule has 1 unspecified atom stereocenters. The normalized spacial score (nSPS) is 12.3. The van der Waals surface area contributed by atoms with Crippen LogP contribution in [0.3, 0.4) is 0 Å². The van der Waals surface area contributed by atoms with Crippen LogP contribution in [0.15, 0.2) is 48.6 Å². The van der Waals surface area contributed by atoms with E-state index in [-0.39, 0.29) is 31.1 Å². The zero-order valence-electron chi connectivity index (χ0n) is 54.6. The zero-order chi connectivity index (χ0) is 58.5. The zero-order valence-corrected chi connectivity index (χ0v) is 54.6. The third-order valence-corrected chi connectivity index (χ3v) is 16.3. The van der Waals surface area contributed by atoms with Crippen molar-refractivity contribution in [2.45, 2.75) is 399 Å². The van der Waals surface area contributed by atoms with Crippen molar-refractivity contribution < 1.29 is 28.6 Å². The number of hydrogen-bond donors (Lipinski definition) is 0. The Balaban J connectivity index is 4.11. The Kier molecular flexibility index (Phi) is 67.6. The Bertz CT molecular complexity index is 1400. The van der Waals surface area contributed by atoms with Crippen molar-refractivity contribution in [3.05, 3.63) is 48.6 Å². The molecule has 0 N–H and O–H groups in total. The second-order valence-corrected chi connectivity index (χ2v) is 24.5. The molecular weight excluding hydrogens is 997 g/mol. The second-order valence-electron chi connectivity index (χ2n) is 24.5. The smallest absolute Gasteiger partial charge is 0.306 e. The summed E-state index contributed by atoms with van der Waals surface area (Å²) in [7, 11) is 0. The van der Waals surface area contributed by atoms with Gasteiger partial charge in [0, 0.05) is 19.3 Å². The lowest BCUT2D eigenvalue weighted by molar-refractivity contribution is -0.167. The van der Waals surface area contributed by atoms with Crippen molar-refractivity contribution in [1.29, 1.82) is 0 Å². The van der Waals surface area contributed by atoms with Crippen LogP contribution in [0.5, 0.6) is 0 Å². The number of esters is 3. The number of ether oxygens (including phenoxy) is 3. The van der Waals surface area contributed by atoms with Gasteiger partial charge in [0.1, 0.15) is 13.2 Å². The monoisotopic (exact) mass is 1140 g/mol. The highest BCUT2D eigenvalue weighted by Crippen LogP contribution is 2.19. The molecule has 0 bridgehead atoms. The first-order valence-electron chi connectivity index (χ1n) is 36.1. The van der Waals surface area contributed by atoms with Crippen LogP contribution in [0.1, 0.15) is 393 Å². The summed E-state index contributed by atoms with van der Waals surface area (Å²) in [5, 5.41) is 0. The molecule has 0 heterocycles. The molecule has 0 saturated heterocycles. The van der Waals surface area contributed by atoms with E-state index in [1.807, 2.05) is 0 Å². The number of unbranched alkanes of at least 4 members (excludes halogenated alkanes) is 48. The van der Waals surface area contributed by atoms with Crippen molar-refractivity contribution in [2.24, 2.45) is 0 Å². The average Bonchev–Trinajstić information content (AvgIpc) is 3.46. The lowest BCUT2D eigenvalue weighted by atomic mass is 10.0. The Labute approximate surface area is 505 Å². The molecule has 0 rings (SSSR count). The minimum absolute atomic E-state index is 0.0783. The van der Waals surface area contributed by atoms with Crippen molar-refractivity contribution in [3.8, 4) is 0 Å². The van der Waals surface area contributed by atoms with E-state index in [1.54, 1.807) is 0 Å². The van der Waals surface area contributed by atoms with Gasteiger partial charge in [0.25, 0.3) is 0 Å². The van der Waals surface area contributed by atoms with E-state index in [1.165, 1.54) is 257 Å². The fourth-order valence-electron chi connectivity index (χ4n) is 11.0. The van der Waals surface area contributed by atoms with Gasteiger partial charge in [0.05, 0.1) is 0 Å². The van der Waals surface area contributed by atoms with Crippen LogP contribution >= 0.6 is 0 Å².